The second-order valence-electron chi connectivity index (χ2n) is 6.13. The molecule has 4 aromatic rings. The Bertz CT molecular complexity index is 975. The molecule has 0 heterocycles. The van der Waals surface area contributed by atoms with Gasteiger partial charge in [0.1, 0.15) is 23.0 Å². The molecule has 0 N–H and O–H groups in total. The molecule has 0 saturated heterocycles. The molecule has 0 unspecified atom stereocenters. The summed E-state index contributed by atoms with van der Waals surface area (Å²) in [6.45, 7) is 0. The summed E-state index contributed by atoms with van der Waals surface area (Å²) in [6, 6.07) is 35.7. The quantitative estimate of drug-likeness (QED) is 0.370. The Morgan fingerprint density at radius 1 is 0.400 bits per heavy atom. The zero-order valence-corrected chi connectivity index (χ0v) is 15.7. The largest absolute Gasteiger partial charge is 0.864 e. The summed E-state index contributed by atoms with van der Waals surface area (Å²) in [5.41, 5.74) is 0. The van der Waals surface area contributed by atoms with Crippen molar-refractivity contribution < 1.29 is 18.7 Å². The third-order valence-electron chi connectivity index (χ3n) is 3.99. The van der Waals surface area contributed by atoms with Crippen molar-refractivity contribution in [3.05, 3.63) is 115 Å². The van der Waals surface area contributed by atoms with Gasteiger partial charge in [-0.1, -0.05) is 66.7 Å². The van der Waals surface area contributed by atoms with Crippen molar-refractivity contribution in [1.29, 1.82) is 0 Å². The van der Waals surface area contributed by atoms with Gasteiger partial charge in [0.2, 0.25) is 0 Å². The van der Waals surface area contributed by atoms with Crippen molar-refractivity contribution in [2.45, 2.75) is 0 Å². The van der Waals surface area contributed by atoms with Crippen LogP contribution in [0.4, 0.5) is 0 Å². The topological polar surface area (TPSA) is 36.9 Å². The summed E-state index contributed by atoms with van der Waals surface area (Å²) in [7, 11) is -1.000. The van der Waals surface area contributed by atoms with Crippen LogP contribution in [0.1, 0.15) is 0 Å². The molecule has 0 aliphatic rings. The molecule has 6 heteroatoms. The Labute approximate surface area is 198 Å². The molecule has 0 saturated carbocycles. The van der Waals surface area contributed by atoms with Gasteiger partial charge in [-0.15, -0.1) is 0 Å². The monoisotopic (exact) mass is 406 g/mol. The molecule has 0 aliphatic carbocycles. The van der Waals surface area contributed by atoms with Crippen LogP contribution in [0.2, 0.25) is 0 Å². The number of para-hydroxylation sites is 5. The van der Waals surface area contributed by atoms with Gasteiger partial charge in [0.25, 0.3) is 0 Å². The van der Waals surface area contributed by atoms with E-state index in [1.54, 1.807) is 0 Å². The second kappa shape index (κ2) is 11.4. The average Bonchev–Trinajstić information content (AvgIpc) is 2.77. The van der Waals surface area contributed by atoms with Crippen LogP contribution in [0.15, 0.2) is 115 Å². The number of hydrogen-bond donors (Lipinski definition) is 0. The molecule has 4 rings (SSSR count). The summed E-state index contributed by atoms with van der Waals surface area (Å²) in [4.78, 5) is 0. The fourth-order valence-electron chi connectivity index (χ4n) is 2.64. The van der Waals surface area contributed by atoms with Gasteiger partial charge < -0.3 is 18.7 Å². The van der Waals surface area contributed by atoms with Gasteiger partial charge in [-0.05, 0) is 48.5 Å². The molecule has 0 bridgehead atoms. The van der Waals surface area contributed by atoms with Crippen LogP contribution in [0.5, 0.6) is 28.7 Å². The summed E-state index contributed by atoms with van der Waals surface area (Å²) in [5, 5.41) is 0. The zero-order valence-electron chi connectivity index (χ0n) is 15.7. The molecule has 144 valence electrons. The van der Waals surface area contributed by atoms with E-state index >= 15 is 0 Å². The third kappa shape index (κ3) is 6.32. The molecule has 0 amide bonds. The van der Waals surface area contributed by atoms with Gasteiger partial charge in [0.05, 0.1) is 0 Å². The second-order valence-corrected chi connectivity index (χ2v) is 6.13. The van der Waals surface area contributed by atoms with Crippen LogP contribution in [-0.4, -0.2) is 36.9 Å². The molecular weight excluding hydrogens is 386 g/mol. The van der Waals surface area contributed by atoms with Crippen LogP contribution >= 0.6 is 0 Å². The maximum atomic E-state index is 6.06. The van der Waals surface area contributed by atoms with Crippen molar-refractivity contribution in [3.63, 3.8) is 0 Å². The Hall–Kier alpha value is -2.86. The van der Waals surface area contributed by atoms with E-state index in [2.05, 4.69) is 0 Å². The van der Waals surface area contributed by atoms with Crippen LogP contribution in [0.3, 0.4) is 0 Å². The van der Waals surface area contributed by atoms with Crippen LogP contribution < -0.4 is 18.7 Å². The Kier molecular flexibility index (Phi) is 8.27. The Morgan fingerprint density at radius 3 is 1.30 bits per heavy atom. The molecule has 4 nitrogen and oxygen atoms in total. The smallest absolute Gasteiger partial charge is 0.490 e. The van der Waals surface area contributed by atoms with E-state index in [1.165, 1.54) is 0 Å². The van der Waals surface area contributed by atoms with Crippen LogP contribution in [-0.2, 0) is 0 Å². The van der Waals surface area contributed by atoms with E-state index in [1.807, 2.05) is 115 Å². The third-order valence-corrected chi connectivity index (χ3v) is 3.99. The van der Waals surface area contributed by atoms with Gasteiger partial charge in [0, 0.05) is 0 Å². The number of benzene rings is 4. The van der Waals surface area contributed by atoms with E-state index in [9.17, 15) is 0 Å². The van der Waals surface area contributed by atoms with Gasteiger partial charge in [-0.2, -0.15) is 0 Å². The maximum Gasteiger partial charge on any atom is 0.864 e. The van der Waals surface area contributed by atoms with Crippen molar-refractivity contribution in [2.75, 3.05) is 0 Å². The van der Waals surface area contributed by atoms with Gasteiger partial charge in [-0.3, -0.25) is 0 Å². The average molecular weight is 406 g/mol. The van der Waals surface area contributed by atoms with Crippen molar-refractivity contribution in [3.8, 4) is 28.7 Å². The van der Waals surface area contributed by atoms with Gasteiger partial charge in [0.15, 0.2) is 5.75 Å². The first-order chi connectivity index (χ1) is 14.4. The summed E-state index contributed by atoms with van der Waals surface area (Å²) < 4.78 is 23.9. The van der Waals surface area contributed by atoms with Crippen LogP contribution in [0, 0.1) is 0 Å². The molecule has 0 aliphatic heterocycles. The first kappa shape index (κ1) is 21.8. The molecular formula is C24H20BNaO4. The van der Waals surface area contributed by atoms with E-state index in [4.69, 9.17) is 18.7 Å². The van der Waals surface area contributed by atoms with Crippen molar-refractivity contribution in [2.24, 2.45) is 0 Å². The van der Waals surface area contributed by atoms with E-state index in [0.717, 1.165) is 0 Å². The Morgan fingerprint density at radius 2 is 0.800 bits per heavy atom. The number of hydrogen-bond acceptors (Lipinski definition) is 4. The van der Waals surface area contributed by atoms with Gasteiger partial charge in [-0.25, -0.2) is 0 Å². The van der Waals surface area contributed by atoms with E-state index < -0.39 is 7.32 Å². The molecule has 0 aromatic heterocycles. The normalized spacial score (nSPS) is 9.73. The van der Waals surface area contributed by atoms with Crippen molar-refractivity contribution in [1.82, 2.24) is 0 Å². The van der Waals surface area contributed by atoms with E-state index in [-0.39, 0.29) is 29.6 Å². The maximum absolute atomic E-state index is 6.06. The summed E-state index contributed by atoms with van der Waals surface area (Å²) in [6.07, 6.45) is 0. The van der Waals surface area contributed by atoms with Gasteiger partial charge >= 0.3 is 36.9 Å². The minimum absolute atomic E-state index is 0. The first-order valence-corrected chi connectivity index (χ1v) is 9.29. The first-order valence-electron chi connectivity index (χ1n) is 9.29. The zero-order chi connectivity index (χ0) is 19.7. The van der Waals surface area contributed by atoms with Crippen LogP contribution in [0.25, 0.3) is 0 Å². The predicted octanol–water partition coefficient (Wildman–Crippen LogP) is 5.35. The fraction of sp³-hybridized carbons (Fsp3) is 0. The summed E-state index contributed by atoms with van der Waals surface area (Å²) >= 11 is 0. The molecule has 0 spiro atoms. The minimum atomic E-state index is -1.000. The molecule has 30 heavy (non-hydrogen) atoms. The molecule has 4 aromatic carbocycles. The number of ether oxygens (including phenoxy) is 1. The molecule has 0 fully saturated rings. The molecule has 0 radical (unpaired) electrons. The van der Waals surface area contributed by atoms with E-state index in [0.29, 0.717) is 28.7 Å². The SMILES string of the molecule is [NaH].c1ccc(OB(Oc2ccccc2)Oc2ccccc2Oc2ccccc2)cc1. The fourth-order valence-corrected chi connectivity index (χ4v) is 2.64. The standard InChI is InChI=1S/C24H19BO4.Na.H/c1-4-12-20(13-5-1)26-23-18-10-11-19-24(23)29-25(27-21-14-6-2-7-15-21)28-22-16-8-3-9-17-22;;/h1-19H;;. The number of rotatable bonds is 8. The minimum Gasteiger partial charge on any atom is -0.490 e. The van der Waals surface area contributed by atoms with Crippen molar-refractivity contribution >= 4 is 36.9 Å². The summed E-state index contributed by atoms with van der Waals surface area (Å²) in [5.74, 6) is 3.06. The molecule has 0 atom stereocenters. The predicted molar refractivity (Wildman–Crippen MR) is 121 cm³/mol. The Balaban J connectivity index is 0.00000256.